The number of pyridine rings is 1. The highest BCUT2D eigenvalue weighted by atomic mass is 32.2. The fourth-order valence-electron chi connectivity index (χ4n) is 1.77. The molecule has 2 rings (SSSR count). The van der Waals surface area contributed by atoms with Crippen LogP contribution in [-0.4, -0.2) is 30.9 Å². The molecule has 2 N–H and O–H groups in total. The van der Waals surface area contributed by atoms with Crippen LogP contribution in [0.5, 0.6) is 0 Å². The number of hydrogen-bond donors (Lipinski definition) is 2. The quantitative estimate of drug-likeness (QED) is 0.785. The van der Waals surface area contributed by atoms with Gasteiger partial charge < -0.3 is 4.40 Å². The zero-order valence-corrected chi connectivity index (χ0v) is 11.7. The van der Waals surface area contributed by atoms with Gasteiger partial charge in [-0.3, -0.25) is 0 Å². The van der Waals surface area contributed by atoms with Crippen LogP contribution in [0.2, 0.25) is 0 Å². The third kappa shape index (κ3) is 3.76. The van der Waals surface area contributed by atoms with Crippen molar-refractivity contribution < 1.29 is 8.42 Å². The van der Waals surface area contributed by atoms with E-state index in [2.05, 4.69) is 14.4 Å². The summed E-state index contributed by atoms with van der Waals surface area (Å²) in [6.45, 7) is 2.69. The van der Waals surface area contributed by atoms with Gasteiger partial charge >= 0.3 is 0 Å². The summed E-state index contributed by atoms with van der Waals surface area (Å²) in [5.41, 5.74) is 1.00. The molecular formula is C12H18N4O2S. The van der Waals surface area contributed by atoms with Gasteiger partial charge in [0.1, 0.15) is 5.82 Å². The Labute approximate surface area is 113 Å². The van der Waals surface area contributed by atoms with E-state index in [0.29, 0.717) is 19.5 Å². The van der Waals surface area contributed by atoms with Crippen molar-refractivity contribution in [2.75, 3.05) is 13.1 Å². The first-order chi connectivity index (χ1) is 9.12. The second-order valence-corrected chi connectivity index (χ2v) is 5.80. The van der Waals surface area contributed by atoms with Crippen LogP contribution in [0.15, 0.2) is 30.6 Å². The van der Waals surface area contributed by atoms with E-state index >= 15 is 0 Å². The molecule has 2 aromatic heterocycles. The van der Waals surface area contributed by atoms with Gasteiger partial charge in [0, 0.05) is 25.7 Å². The molecule has 0 fully saturated rings. The molecule has 0 bridgehead atoms. The van der Waals surface area contributed by atoms with Crippen molar-refractivity contribution in [2.24, 2.45) is 0 Å². The Bertz CT molecular complexity index is 636. The Hall–Kier alpha value is -1.44. The number of hydrogen-bond acceptors (Lipinski definition) is 3. The van der Waals surface area contributed by atoms with Crippen LogP contribution in [0.1, 0.15) is 19.2 Å². The summed E-state index contributed by atoms with van der Waals surface area (Å²) in [6, 6.07) is 5.83. The van der Waals surface area contributed by atoms with Gasteiger partial charge in [-0.1, -0.05) is 13.0 Å². The summed E-state index contributed by atoms with van der Waals surface area (Å²) in [5, 5.41) is 0. The largest absolute Gasteiger partial charge is 0.304 e. The molecule has 0 aromatic carbocycles. The smallest absolute Gasteiger partial charge is 0.276 e. The molecular weight excluding hydrogens is 264 g/mol. The fourth-order valence-corrected chi connectivity index (χ4v) is 2.71. The van der Waals surface area contributed by atoms with Crippen LogP contribution in [0.3, 0.4) is 0 Å². The highest BCUT2D eigenvalue weighted by Gasteiger charge is 2.08. The van der Waals surface area contributed by atoms with Gasteiger partial charge in [0.25, 0.3) is 10.2 Å². The van der Waals surface area contributed by atoms with Crippen LogP contribution in [0, 0.1) is 0 Å². The lowest BCUT2D eigenvalue weighted by Crippen LogP contribution is -2.38. The molecule has 0 aliphatic rings. The zero-order chi connectivity index (χ0) is 13.7. The fraction of sp³-hybridized carbons (Fsp3) is 0.417. The maximum atomic E-state index is 11.5. The standard InChI is InChI=1S/C12H18N4O2S/c1-2-7-14-19(17,18)15-8-6-12-13-10-11-5-3-4-9-16(11)12/h3-5,9-10,14-15H,2,6-8H2,1H3. The van der Waals surface area contributed by atoms with E-state index in [9.17, 15) is 8.42 Å². The van der Waals surface area contributed by atoms with E-state index in [1.807, 2.05) is 35.7 Å². The predicted molar refractivity (Wildman–Crippen MR) is 74.1 cm³/mol. The number of nitrogens with zero attached hydrogens (tertiary/aromatic N) is 2. The minimum Gasteiger partial charge on any atom is -0.304 e. The van der Waals surface area contributed by atoms with E-state index < -0.39 is 10.2 Å². The summed E-state index contributed by atoms with van der Waals surface area (Å²) in [6.07, 6.45) is 5.01. The Morgan fingerprint density at radius 3 is 2.84 bits per heavy atom. The molecule has 0 saturated carbocycles. The second kappa shape index (κ2) is 6.14. The monoisotopic (exact) mass is 282 g/mol. The molecule has 104 valence electrons. The SMILES string of the molecule is CCCNS(=O)(=O)NCCc1ncc2ccccn12. The van der Waals surface area contributed by atoms with E-state index in [1.165, 1.54) is 0 Å². The maximum Gasteiger partial charge on any atom is 0.276 e. The molecule has 0 aliphatic carbocycles. The van der Waals surface area contributed by atoms with Gasteiger partial charge in [-0.25, -0.2) is 14.4 Å². The van der Waals surface area contributed by atoms with Gasteiger partial charge in [-0.15, -0.1) is 0 Å². The van der Waals surface area contributed by atoms with Crippen molar-refractivity contribution in [2.45, 2.75) is 19.8 Å². The van der Waals surface area contributed by atoms with Crippen molar-refractivity contribution in [3.05, 3.63) is 36.4 Å². The molecule has 0 unspecified atom stereocenters. The number of imidazole rings is 1. The summed E-state index contributed by atoms with van der Waals surface area (Å²) in [5.74, 6) is 0.841. The molecule has 2 aromatic rings. The van der Waals surface area contributed by atoms with E-state index in [1.54, 1.807) is 6.20 Å². The van der Waals surface area contributed by atoms with Crippen molar-refractivity contribution in [3.8, 4) is 0 Å². The third-order valence-corrected chi connectivity index (χ3v) is 3.87. The van der Waals surface area contributed by atoms with Gasteiger partial charge in [-0.2, -0.15) is 8.42 Å². The molecule has 0 amide bonds. The maximum absolute atomic E-state index is 11.5. The highest BCUT2D eigenvalue weighted by molar-refractivity contribution is 7.87. The normalized spacial score (nSPS) is 12.1. The molecule has 0 aliphatic heterocycles. The summed E-state index contributed by atoms with van der Waals surface area (Å²) in [7, 11) is -3.39. The van der Waals surface area contributed by atoms with Crippen LogP contribution in [0.25, 0.3) is 5.52 Å². The van der Waals surface area contributed by atoms with Gasteiger partial charge in [0.05, 0.1) is 11.7 Å². The lowest BCUT2D eigenvalue weighted by Gasteiger charge is -2.07. The van der Waals surface area contributed by atoms with Gasteiger partial charge in [0.2, 0.25) is 0 Å². The van der Waals surface area contributed by atoms with E-state index in [4.69, 9.17) is 0 Å². The van der Waals surface area contributed by atoms with Crippen molar-refractivity contribution in [3.63, 3.8) is 0 Å². The van der Waals surface area contributed by atoms with Crippen molar-refractivity contribution in [1.82, 2.24) is 18.8 Å². The first kappa shape index (κ1) is 14.0. The molecule has 0 atom stereocenters. The highest BCUT2D eigenvalue weighted by Crippen LogP contribution is 2.06. The van der Waals surface area contributed by atoms with Crippen molar-refractivity contribution in [1.29, 1.82) is 0 Å². The minimum atomic E-state index is -3.39. The number of nitrogens with one attached hydrogen (secondary N) is 2. The first-order valence-electron chi connectivity index (χ1n) is 6.27. The Kier molecular flexibility index (Phi) is 4.52. The van der Waals surface area contributed by atoms with Crippen LogP contribution < -0.4 is 9.44 Å². The van der Waals surface area contributed by atoms with Crippen molar-refractivity contribution >= 4 is 15.7 Å². The molecule has 0 saturated heterocycles. The van der Waals surface area contributed by atoms with Crippen LogP contribution >= 0.6 is 0 Å². The van der Waals surface area contributed by atoms with Gasteiger partial charge in [0.15, 0.2) is 0 Å². The van der Waals surface area contributed by atoms with Crippen LogP contribution in [-0.2, 0) is 16.6 Å². The molecule has 7 heteroatoms. The molecule has 6 nitrogen and oxygen atoms in total. The lowest BCUT2D eigenvalue weighted by molar-refractivity contribution is 0.565. The molecule has 0 spiro atoms. The molecule has 0 radical (unpaired) electrons. The number of rotatable bonds is 7. The average Bonchev–Trinajstić information content (AvgIpc) is 2.80. The second-order valence-electron chi connectivity index (χ2n) is 4.21. The third-order valence-electron chi connectivity index (χ3n) is 2.70. The lowest BCUT2D eigenvalue weighted by atomic mass is 10.4. The topological polar surface area (TPSA) is 75.5 Å². The number of aromatic nitrogens is 2. The predicted octanol–water partition coefficient (Wildman–Crippen LogP) is 0.711. The average molecular weight is 282 g/mol. The first-order valence-corrected chi connectivity index (χ1v) is 7.76. The zero-order valence-electron chi connectivity index (χ0n) is 10.8. The van der Waals surface area contributed by atoms with Gasteiger partial charge in [-0.05, 0) is 18.6 Å². The Morgan fingerprint density at radius 1 is 1.26 bits per heavy atom. The Morgan fingerprint density at radius 2 is 2.05 bits per heavy atom. The molecule has 19 heavy (non-hydrogen) atoms. The summed E-state index contributed by atoms with van der Waals surface area (Å²) in [4.78, 5) is 4.28. The molecule has 2 heterocycles. The summed E-state index contributed by atoms with van der Waals surface area (Å²) < 4.78 is 30.0. The summed E-state index contributed by atoms with van der Waals surface area (Å²) >= 11 is 0. The van der Waals surface area contributed by atoms with E-state index in [0.717, 1.165) is 17.8 Å². The number of fused-ring (bicyclic) bond motifs is 1. The Balaban J connectivity index is 1.93. The van der Waals surface area contributed by atoms with Crippen LogP contribution in [0.4, 0.5) is 0 Å². The minimum absolute atomic E-state index is 0.326. The van der Waals surface area contributed by atoms with E-state index in [-0.39, 0.29) is 0 Å².